The van der Waals surface area contributed by atoms with E-state index in [1.54, 1.807) is 12.1 Å². The van der Waals surface area contributed by atoms with Gasteiger partial charge in [0.05, 0.1) is 11.3 Å². The van der Waals surface area contributed by atoms with E-state index in [-0.39, 0.29) is 11.3 Å². The van der Waals surface area contributed by atoms with Gasteiger partial charge < -0.3 is 15.5 Å². The van der Waals surface area contributed by atoms with Crippen LogP contribution in [0.4, 0.5) is 5.69 Å². The van der Waals surface area contributed by atoms with Gasteiger partial charge >= 0.3 is 11.9 Å². The predicted octanol–water partition coefficient (Wildman–Crippen LogP) is 1.29. The SMILES string of the molecule is N#CC(=CNc1ccccc1C(=O)O)C(=O)O. The molecule has 0 atom stereocenters. The zero-order valence-corrected chi connectivity index (χ0v) is 8.54. The van der Waals surface area contributed by atoms with Gasteiger partial charge in [-0.05, 0) is 12.1 Å². The fourth-order valence-corrected chi connectivity index (χ4v) is 1.09. The van der Waals surface area contributed by atoms with Crippen molar-refractivity contribution in [3.8, 4) is 6.07 Å². The molecule has 0 saturated heterocycles. The Labute approximate surface area is 96.4 Å². The fraction of sp³-hybridized carbons (Fsp3) is 0. The normalized spacial score (nSPS) is 10.4. The zero-order valence-electron chi connectivity index (χ0n) is 8.54. The molecule has 6 nitrogen and oxygen atoms in total. The lowest BCUT2D eigenvalue weighted by Gasteiger charge is -2.04. The van der Waals surface area contributed by atoms with Crippen LogP contribution in [0.25, 0.3) is 0 Å². The van der Waals surface area contributed by atoms with Crippen molar-refractivity contribution < 1.29 is 19.8 Å². The van der Waals surface area contributed by atoms with E-state index in [4.69, 9.17) is 15.5 Å². The minimum atomic E-state index is -1.38. The number of nitrogens with zero attached hydrogens (tertiary/aromatic N) is 1. The molecule has 0 aliphatic heterocycles. The first-order chi connectivity index (χ1) is 8.06. The topological polar surface area (TPSA) is 110 Å². The quantitative estimate of drug-likeness (QED) is 0.532. The second-order valence-corrected chi connectivity index (χ2v) is 2.97. The van der Waals surface area contributed by atoms with Gasteiger partial charge in [0, 0.05) is 6.20 Å². The van der Waals surface area contributed by atoms with E-state index in [0.29, 0.717) is 0 Å². The number of carboxylic acids is 2. The molecule has 0 radical (unpaired) electrons. The third kappa shape index (κ3) is 3.07. The van der Waals surface area contributed by atoms with Crippen LogP contribution in [0, 0.1) is 11.3 Å². The standard InChI is InChI=1S/C11H8N2O4/c12-5-7(10(14)15)6-13-9-4-2-1-3-8(9)11(16)17/h1-4,6,13H,(H,14,15)(H,16,17). The number of nitrogens with one attached hydrogen (secondary N) is 1. The Morgan fingerprint density at radius 3 is 2.47 bits per heavy atom. The highest BCUT2D eigenvalue weighted by atomic mass is 16.4. The summed E-state index contributed by atoms with van der Waals surface area (Å²) in [6.07, 6.45) is 0.949. The smallest absolute Gasteiger partial charge is 0.347 e. The zero-order chi connectivity index (χ0) is 12.8. The van der Waals surface area contributed by atoms with Gasteiger partial charge in [-0.25, -0.2) is 9.59 Å². The van der Waals surface area contributed by atoms with Crippen LogP contribution in [0.5, 0.6) is 0 Å². The molecule has 0 bridgehead atoms. The number of carbonyl (C=O) groups is 2. The summed E-state index contributed by atoms with van der Waals surface area (Å²) in [5.74, 6) is -2.52. The molecule has 0 spiro atoms. The van der Waals surface area contributed by atoms with E-state index < -0.39 is 17.5 Å². The van der Waals surface area contributed by atoms with Crippen molar-refractivity contribution in [1.82, 2.24) is 0 Å². The molecule has 3 N–H and O–H groups in total. The monoisotopic (exact) mass is 232 g/mol. The Balaban J connectivity index is 3.01. The second-order valence-electron chi connectivity index (χ2n) is 2.97. The molecule has 0 amide bonds. The summed E-state index contributed by atoms with van der Waals surface area (Å²) in [5, 5.41) is 28.4. The summed E-state index contributed by atoms with van der Waals surface area (Å²) in [4.78, 5) is 21.4. The first-order valence-corrected chi connectivity index (χ1v) is 4.48. The van der Waals surface area contributed by atoms with E-state index in [1.807, 2.05) is 0 Å². The molecule has 0 aliphatic carbocycles. The van der Waals surface area contributed by atoms with Crippen molar-refractivity contribution in [2.75, 3.05) is 5.32 Å². The van der Waals surface area contributed by atoms with Gasteiger partial charge in [0.25, 0.3) is 0 Å². The summed E-state index contributed by atoms with van der Waals surface area (Å²) < 4.78 is 0. The summed E-state index contributed by atoms with van der Waals surface area (Å²) in [5.41, 5.74) is -0.300. The average Bonchev–Trinajstić information content (AvgIpc) is 2.29. The number of carboxylic acid groups (broad SMARTS) is 2. The molecule has 0 aromatic heterocycles. The van der Waals surface area contributed by atoms with E-state index in [9.17, 15) is 9.59 Å². The molecule has 0 heterocycles. The Morgan fingerprint density at radius 2 is 1.94 bits per heavy atom. The maximum atomic E-state index is 10.8. The largest absolute Gasteiger partial charge is 0.478 e. The van der Waals surface area contributed by atoms with Gasteiger partial charge in [-0.15, -0.1) is 0 Å². The number of aliphatic carboxylic acids is 1. The molecule has 0 aliphatic rings. The lowest BCUT2D eigenvalue weighted by Crippen LogP contribution is -2.05. The highest BCUT2D eigenvalue weighted by Crippen LogP contribution is 2.15. The Bertz CT molecular complexity index is 529. The fourth-order valence-electron chi connectivity index (χ4n) is 1.09. The first kappa shape index (κ1) is 12.3. The summed E-state index contributed by atoms with van der Waals surface area (Å²) in [6, 6.07) is 7.44. The second kappa shape index (κ2) is 5.32. The maximum absolute atomic E-state index is 10.8. The lowest BCUT2D eigenvalue weighted by atomic mass is 10.2. The van der Waals surface area contributed by atoms with Gasteiger partial charge in [0.1, 0.15) is 6.07 Å². The first-order valence-electron chi connectivity index (χ1n) is 4.48. The highest BCUT2D eigenvalue weighted by Gasteiger charge is 2.09. The van der Waals surface area contributed by atoms with Crippen molar-refractivity contribution in [3.05, 3.63) is 41.6 Å². The van der Waals surface area contributed by atoms with Crippen molar-refractivity contribution in [1.29, 1.82) is 5.26 Å². The van der Waals surface area contributed by atoms with Crippen LogP contribution in [0.3, 0.4) is 0 Å². The Hall–Kier alpha value is -2.81. The van der Waals surface area contributed by atoms with Gasteiger partial charge in [-0.2, -0.15) is 5.26 Å². The minimum Gasteiger partial charge on any atom is -0.478 e. The molecule has 86 valence electrons. The molecule has 1 rings (SSSR count). The third-order valence-corrected chi connectivity index (χ3v) is 1.88. The predicted molar refractivity (Wildman–Crippen MR) is 58.4 cm³/mol. The summed E-state index contributed by atoms with van der Waals surface area (Å²) in [6.45, 7) is 0. The van der Waals surface area contributed by atoms with Crippen LogP contribution < -0.4 is 5.32 Å². The molecular weight excluding hydrogens is 224 g/mol. The Morgan fingerprint density at radius 1 is 1.29 bits per heavy atom. The molecule has 6 heteroatoms. The maximum Gasteiger partial charge on any atom is 0.347 e. The number of para-hydroxylation sites is 1. The molecule has 0 saturated carbocycles. The number of benzene rings is 1. The molecule has 0 fully saturated rings. The van der Waals surface area contributed by atoms with Crippen LogP contribution in [0.2, 0.25) is 0 Å². The Kier molecular flexibility index (Phi) is 3.84. The molecule has 1 aromatic carbocycles. The van der Waals surface area contributed by atoms with Crippen LogP contribution in [-0.4, -0.2) is 22.2 Å². The number of rotatable bonds is 4. The van der Waals surface area contributed by atoms with Crippen molar-refractivity contribution in [2.45, 2.75) is 0 Å². The van der Waals surface area contributed by atoms with E-state index in [1.165, 1.54) is 18.2 Å². The molecule has 17 heavy (non-hydrogen) atoms. The summed E-state index contributed by atoms with van der Waals surface area (Å²) in [7, 11) is 0. The number of anilines is 1. The molecule has 0 unspecified atom stereocenters. The van der Waals surface area contributed by atoms with Gasteiger partial charge in [-0.3, -0.25) is 0 Å². The van der Waals surface area contributed by atoms with Crippen molar-refractivity contribution in [2.24, 2.45) is 0 Å². The van der Waals surface area contributed by atoms with Gasteiger partial charge in [0.15, 0.2) is 5.57 Å². The lowest BCUT2D eigenvalue weighted by molar-refractivity contribution is -0.132. The molecule has 1 aromatic rings. The number of nitriles is 1. The highest BCUT2D eigenvalue weighted by molar-refractivity contribution is 5.95. The summed E-state index contributed by atoms with van der Waals surface area (Å²) >= 11 is 0. The number of hydrogen-bond donors (Lipinski definition) is 3. The van der Waals surface area contributed by atoms with Crippen LogP contribution in [0.1, 0.15) is 10.4 Å². The van der Waals surface area contributed by atoms with E-state index in [0.717, 1.165) is 6.20 Å². The van der Waals surface area contributed by atoms with Gasteiger partial charge in [-0.1, -0.05) is 12.1 Å². The average molecular weight is 232 g/mol. The van der Waals surface area contributed by atoms with Crippen LogP contribution in [0.15, 0.2) is 36.0 Å². The minimum absolute atomic E-state index is 0.00794. The van der Waals surface area contributed by atoms with E-state index >= 15 is 0 Å². The van der Waals surface area contributed by atoms with Crippen LogP contribution >= 0.6 is 0 Å². The van der Waals surface area contributed by atoms with Crippen LogP contribution in [-0.2, 0) is 4.79 Å². The number of hydrogen-bond acceptors (Lipinski definition) is 4. The van der Waals surface area contributed by atoms with Crippen molar-refractivity contribution in [3.63, 3.8) is 0 Å². The number of aromatic carboxylic acids is 1. The van der Waals surface area contributed by atoms with E-state index in [2.05, 4.69) is 5.32 Å². The van der Waals surface area contributed by atoms with Gasteiger partial charge in [0.2, 0.25) is 0 Å². The molecular formula is C11H8N2O4. The third-order valence-electron chi connectivity index (χ3n) is 1.88. The van der Waals surface area contributed by atoms with Crippen molar-refractivity contribution >= 4 is 17.6 Å².